The van der Waals surface area contributed by atoms with Crippen LogP contribution in [0.3, 0.4) is 0 Å². The van der Waals surface area contributed by atoms with Crippen LogP contribution in [-0.2, 0) is 14.3 Å². The van der Waals surface area contributed by atoms with Crippen LogP contribution in [0.15, 0.2) is 29.2 Å². The fraction of sp³-hybridized carbons (Fsp3) is 0.421. The van der Waals surface area contributed by atoms with E-state index in [1.807, 2.05) is 44.2 Å². The number of rotatable bonds is 8. The molecule has 0 aromatic heterocycles. The lowest BCUT2D eigenvalue weighted by Gasteiger charge is -2.13. The van der Waals surface area contributed by atoms with Crippen LogP contribution in [0.4, 0.5) is 0 Å². The molecule has 0 N–H and O–H groups in total. The summed E-state index contributed by atoms with van der Waals surface area (Å²) in [5.41, 5.74) is 0.884. The summed E-state index contributed by atoms with van der Waals surface area (Å²) in [6.45, 7) is 6.48. The lowest BCUT2D eigenvalue weighted by Crippen LogP contribution is -2.29. The number of thioether (sulfide) groups is 1. The van der Waals surface area contributed by atoms with Crippen LogP contribution in [-0.4, -0.2) is 40.4 Å². The molecule has 140 valence electrons. The van der Waals surface area contributed by atoms with Crippen molar-refractivity contribution in [3.05, 3.63) is 34.7 Å². The molecule has 0 aliphatic carbocycles. The molecule has 1 aromatic rings. The van der Waals surface area contributed by atoms with E-state index in [0.717, 1.165) is 11.3 Å². The Kier molecular flexibility index (Phi) is 7.66. The van der Waals surface area contributed by atoms with Crippen LogP contribution in [0.25, 0.3) is 6.08 Å². The average molecular weight is 394 g/mol. The summed E-state index contributed by atoms with van der Waals surface area (Å²) in [5, 5.41) is 0. The molecule has 1 aromatic carbocycles. The minimum Gasteiger partial charge on any atom is -0.491 e. The van der Waals surface area contributed by atoms with Gasteiger partial charge in [-0.05, 0) is 51.0 Å². The molecule has 1 fully saturated rings. The van der Waals surface area contributed by atoms with E-state index in [4.69, 9.17) is 21.7 Å². The molecule has 1 aliphatic heterocycles. The van der Waals surface area contributed by atoms with E-state index in [1.165, 1.54) is 11.8 Å². The van der Waals surface area contributed by atoms with Crippen LogP contribution in [0.5, 0.6) is 5.75 Å². The molecule has 0 atom stereocenters. The third-order valence-electron chi connectivity index (χ3n) is 3.47. The van der Waals surface area contributed by atoms with Gasteiger partial charge in [-0.25, -0.2) is 0 Å². The predicted octanol–water partition coefficient (Wildman–Crippen LogP) is 4.02. The molecular formula is C19H23NO4S2. The number of hydrogen-bond donors (Lipinski definition) is 0. The first-order valence-electron chi connectivity index (χ1n) is 8.58. The SMILES string of the molecule is CCOC(=O)CCCN1C(=O)/C(=C\c2cccc(OC(C)C)c2)SC1=S. The van der Waals surface area contributed by atoms with Gasteiger partial charge in [0.15, 0.2) is 0 Å². The maximum atomic E-state index is 12.6. The lowest BCUT2D eigenvalue weighted by atomic mass is 10.2. The van der Waals surface area contributed by atoms with Crippen molar-refractivity contribution in [3.8, 4) is 5.75 Å². The van der Waals surface area contributed by atoms with E-state index in [0.29, 0.717) is 28.8 Å². The summed E-state index contributed by atoms with van der Waals surface area (Å²) in [5.74, 6) is 0.383. The zero-order valence-corrected chi connectivity index (χ0v) is 16.8. The van der Waals surface area contributed by atoms with Crippen molar-refractivity contribution in [1.82, 2.24) is 4.90 Å². The normalized spacial score (nSPS) is 15.8. The van der Waals surface area contributed by atoms with Gasteiger partial charge in [-0.3, -0.25) is 14.5 Å². The smallest absolute Gasteiger partial charge is 0.305 e. The van der Waals surface area contributed by atoms with Gasteiger partial charge in [-0.15, -0.1) is 0 Å². The van der Waals surface area contributed by atoms with Crippen molar-refractivity contribution in [1.29, 1.82) is 0 Å². The second-order valence-corrected chi connectivity index (χ2v) is 7.66. The fourth-order valence-electron chi connectivity index (χ4n) is 2.41. The van der Waals surface area contributed by atoms with Crippen LogP contribution < -0.4 is 4.74 Å². The van der Waals surface area contributed by atoms with Gasteiger partial charge >= 0.3 is 5.97 Å². The molecule has 0 spiro atoms. The summed E-state index contributed by atoms with van der Waals surface area (Å²) in [6.07, 6.45) is 2.70. The number of esters is 1. The van der Waals surface area contributed by atoms with Gasteiger partial charge < -0.3 is 9.47 Å². The zero-order chi connectivity index (χ0) is 19.1. The third kappa shape index (κ3) is 5.85. The topological polar surface area (TPSA) is 55.8 Å². The van der Waals surface area contributed by atoms with Gasteiger partial charge in [0.1, 0.15) is 10.1 Å². The van der Waals surface area contributed by atoms with Crippen LogP contribution >= 0.6 is 24.0 Å². The monoisotopic (exact) mass is 393 g/mol. The van der Waals surface area contributed by atoms with Crippen molar-refractivity contribution in [2.24, 2.45) is 0 Å². The first-order chi connectivity index (χ1) is 12.4. The highest BCUT2D eigenvalue weighted by atomic mass is 32.2. The highest BCUT2D eigenvalue weighted by Gasteiger charge is 2.31. The molecule has 0 bridgehead atoms. The highest BCUT2D eigenvalue weighted by Crippen LogP contribution is 2.33. The molecule has 1 saturated heterocycles. The van der Waals surface area contributed by atoms with Crippen molar-refractivity contribution in [3.63, 3.8) is 0 Å². The van der Waals surface area contributed by atoms with Crippen LogP contribution in [0, 0.1) is 0 Å². The van der Waals surface area contributed by atoms with Gasteiger partial charge in [-0.2, -0.15) is 0 Å². The molecule has 0 radical (unpaired) electrons. The summed E-state index contributed by atoms with van der Waals surface area (Å²) >= 11 is 6.59. The highest BCUT2D eigenvalue weighted by molar-refractivity contribution is 8.26. The molecule has 0 saturated carbocycles. The summed E-state index contributed by atoms with van der Waals surface area (Å²) in [7, 11) is 0. The van der Waals surface area contributed by atoms with Gasteiger partial charge in [0.25, 0.3) is 5.91 Å². The Labute approximate surface area is 163 Å². The van der Waals surface area contributed by atoms with Crippen molar-refractivity contribution >= 4 is 46.3 Å². The molecule has 2 rings (SSSR count). The molecule has 1 heterocycles. The fourth-order valence-corrected chi connectivity index (χ4v) is 3.72. The van der Waals surface area contributed by atoms with Gasteiger partial charge in [0.05, 0.1) is 17.6 Å². The number of hydrogen-bond acceptors (Lipinski definition) is 6. The number of thiocarbonyl (C=S) groups is 1. The summed E-state index contributed by atoms with van der Waals surface area (Å²) < 4.78 is 11.1. The number of nitrogens with zero attached hydrogens (tertiary/aromatic N) is 1. The summed E-state index contributed by atoms with van der Waals surface area (Å²) in [6, 6.07) is 7.59. The minimum atomic E-state index is -0.254. The number of benzene rings is 1. The van der Waals surface area contributed by atoms with E-state index in [-0.39, 0.29) is 24.4 Å². The first-order valence-corrected chi connectivity index (χ1v) is 9.81. The lowest BCUT2D eigenvalue weighted by molar-refractivity contribution is -0.143. The Morgan fingerprint density at radius 1 is 1.38 bits per heavy atom. The van der Waals surface area contributed by atoms with Gasteiger partial charge in [0.2, 0.25) is 0 Å². The van der Waals surface area contributed by atoms with E-state index < -0.39 is 0 Å². The van der Waals surface area contributed by atoms with E-state index >= 15 is 0 Å². The molecular weight excluding hydrogens is 370 g/mol. The molecule has 1 amide bonds. The van der Waals surface area contributed by atoms with E-state index in [2.05, 4.69) is 0 Å². The Morgan fingerprint density at radius 3 is 2.85 bits per heavy atom. The zero-order valence-electron chi connectivity index (χ0n) is 15.2. The molecule has 5 nitrogen and oxygen atoms in total. The first kappa shape index (κ1) is 20.5. The van der Waals surface area contributed by atoms with E-state index in [1.54, 1.807) is 11.8 Å². The Morgan fingerprint density at radius 2 is 2.15 bits per heavy atom. The van der Waals surface area contributed by atoms with Crippen LogP contribution in [0.1, 0.15) is 39.2 Å². The third-order valence-corrected chi connectivity index (χ3v) is 4.85. The van der Waals surface area contributed by atoms with Crippen molar-refractivity contribution in [2.45, 2.75) is 39.7 Å². The Bertz CT molecular complexity index is 715. The second-order valence-electron chi connectivity index (χ2n) is 5.98. The quantitative estimate of drug-likeness (QED) is 0.378. The molecule has 26 heavy (non-hydrogen) atoms. The number of amides is 1. The maximum absolute atomic E-state index is 12.6. The van der Waals surface area contributed by atoms with Crippen molar-refractivity contribution < 1.29 is 19.1 Å². The van der Waals surface area contributed by atoms with Gasteiger partial charge in [0, 0.05) is 13.0 Å². The second kappa shape index (κ2) is 9.73. The molecule has 0 unspecified atom stereocenters. The maximum Gasteiger partial charge on any atom is 0.305 e. The Balaban J connectivity index is 2.01. The number of carbonyl (C=O) groups excluding carboxylic acids is 2. The van der Waals surface area contributed by atoms with Crippen LogP contribution in [0.2, 0.25) is 0 Å². The standard InChI is InChI=1S/C19H23NO4S2/c1-4-23-17(21)9-6-10-20-18(22)16(26-19(20)25)12-14-7-5-8-15(11-14)24-13(2)3/h5,7-8,11-13H,4,6,9-10H2,1-3H3/b16-12+. The molecule has 7 heteroatoms. The van der Waals surface area contributed by atoms with Crippen molar-refractivity contribution in [2.75, 3.05) is 13.2 Å². The van der Waals surface area contributed by atoms with Gasteiger partial charge in [-0.1, -0.05) is 36.1 Å². The molecule has 1 aliphatic rings. The number of ether oxygens (including phenoxy) is 2. The minimum absolute atomic E-state index is 0.0860. The Hall–Kier alpha value is -1.86. The predicted molar refractivity (Wildman–Crippen MR) is 108 cm³/mol. The van der Waals surface area contributed by atoms with E-state index in [9.17, 15) is 9.59 Å². The largest absolute Gasteiger partial charge is 0.491 e. The number of carbonyl (C=O) groups is 2. The summed E-state index contributed by atoms with van der Waals surface area (Å²) in [4.78, 5) is 26.1. The average Bonchev–Trinajstić information content (AvgIpc) is 2.82.